The van der Waals surface area contributed by atoms with Crippen LogP contribution in [0.25, 0.3) is 0 Å². The fourth-order valence-electron chi connectivity index (χ4n) is 2.22. The third-order valence-corrected chi connectivity index (χ3v) is 3.43. The second-order valence-electron chi connectivity index (χ2n) is 5.14. The summed E-state index contributed by atoms with van der Waals surface area (Å²) in [6.45, 7) is 0. The first-order valence-electron chi connectivity index (χ1n) is 7.52. The zero-order valence-corrected chi connectivity index (χ0v) is 13.8. The van der Waals surface area contributed by atoms with Gasteiger partial charge in [0.15, 0.2) is 11.5 Å². The molecule has 0 fully saturated rings. The second-order valence-corrected chi connectivity index (χ2v) is 5.14. The Labute approximate surface area is 151 Å². The summed E-state index contributed by atoms with van der Waals surface area (Å²) < 4.78 is 37.8. The molecule has 0 spiro atoms. The highest BCUT2D eigenvalue weighted by Gasteiger charge is 2.26. The molecule has 3 rings (SSSR count). The fraction of sp³-hybridized carbons (Fsp3) is 0.0588. The average Bonchev–Trinajstić information content (AvgIpc) is 2.65. The maximum Gasteiger partial charge on any atom is 0.373 e. The van der Waals surface area contributed by atoms with Crippen molar-refractivity contribution in [2.75, 3.05) is 12.4 Å². The van der Waals surface area contributed by atoms with Crippen LogP contribution in [0.5, 0.6) is 17.4 Å². The summed E-state index contributed by atoms with van der Waals surface area (Å²) in [5, 5.41) is 13.9. The molecule has 2 aromatic carbocycles. The molecule has 10 heteroatoms. The van der Waals surface area contributed by atoms with E-state index in [1.54, 1.807) is 18.2 Å². The molecule has 3 aromatic rings. The smallest absolute Gasteiger partial charge is 0.373 e. The van der Waals surface area contributed by atoms with E-state index < -0.39 is 22.2 Å². The van der Waals surface area contributed by atoms with Crippen LogP contribution < -0.4 is 14.8 Å². The number of para-hydroxylation sites is 2. The van der Waals surface area contributed by atoms with Gasteiger partial charge in [0.1, 0.15) is 18.0 Å². The van der Waals surface area contributed by atoms with Gasteiger partial charge in [0.2, 0.25) is 5.82 Å². The van der Waals surface area contributed by atoms with Gasteiger partial charge in [0, 0.05) is 6.07 Å². The molecule has 0 unspecified atom stereocenters. The number of nitrogens with zero attached hydrogens (tertiary/aromatic N) is 3. The lowest BCUT2D eigenvalue weighted by molar-refractivity contribution is -0.385. The van der Waals surface area contributed by atoms with E-state index in [-0.39, 0.29) is 23.1 Å². The van der Waals surface area contributed by atoms with E-state index in [1.807, 2.05) is 0 Å². The Balaban J connectivity index is 2.03. The largest absolute Gasteiger partial charge is 0.493 e. The van der Waals surface area contributed by atoms with Crippen molar-refractivity contribution in [3.8, 4) is 17.4 Å². The number of nitrogens with one attached hydrogen (secondary N) is 1. The van der Waals surface area contributed by atoms with Crippen LogP contribution in [0.2, 0.25) is 0 Å². The van der Waals surface area contributed by atoms with Crippen LogP contribution >= 0.6 is 0 Å². The molecule has 1 aromatic heterocycles. The van der Waals surface area contributed by atoms with Gasteiger partial charge in [0.25, 0.3) is 0 Å². The van der Waals surface area contributed by atoms with Crippen LogP contribution in [0.1, 0.15) is 0 Å². The highest BCUT2D eigenvalue weighted by atomic mass is 19.1. The molecule has 0 aliphatic heterocycles. The van der Waals surface area contributed by atoms with Gasteiger partial charge in [0.05, 0.1) is 17.7 Å². The first-order valence-corrected chi connectivity index (χ1v) is 7.52. The van der Waals surface area contributed by atoms with Gasteiger partial charge in [-0.3, -0.25) is 10.1 Å². The predicted molar refractivity (Wildman–Crippen MR) is 91.4 cm³/mol. The average molecular weight is 374 g/mol. The molecule has 0 saturated heterocycles. The van der Waals surface area contributed by atoms with Crippen molar-refractivity contribution in [2.45, 2.75) is 0 Å². The standard InChI is InChI=1S/C17H12F2N4O4/c1-26-13-4-2-3-5-14(13)27-17-15(23(24)25)16(20-9-21-17)22-12-8-10(18)6-7-11(12)19/h2-9H,1H3,(H,20,21,22). The molecule has 0 radical (unpaired) electrons. The number of benzene rings is 2. The van der Waals surface area contributed by atoms with E-state index >= 15 is 0 Å². The minimum absolute atomic E-state index is 0.185. The zero-order valence-electron chi connectivity index (χ0n) is 13.8. The summed E-state index contributed by atoms with van der Waals surface area (Å²) in [4.78, 5) is 18.3. The Morgan fingerprint density at radius 2 is 1.85 bits per heavy atom. The second kappa shape index (κ2) is 7.60. The van der Waals surface area contributed by atoms with Crippen molar-refractivity contribution in [2.24, 2.45) is 0 Å². The van der Waals surface area contributed by atoms with E-state index in [9.17, 15) is 18.9 Å². The number of anilines is 2. The summed E-state index contributed by atoms with van der Waals surface area (Å²) in [6.07, 6.45) is 0.997. The van der Waals surface area contributed by atoms with Crippen molar-refractivity contribution in [1.82, 2.24) is 9.97 Å². The first-order chi connectivity index (χ1) is 13.0. The maximum absolute atomic E-state index is 13.8. The van der Waals surface area contributed by atoms with Gasteiger partial charge in [-0.05, 0) is 24.3 Å². The normalized spacial score (nSPS) is 10.3. The molecule has 138 valence electrons. The number of hydrogen-bond donors (Lipinski definition) is 1. The van der Waals surface area contributed by atoms with Crippen LogP contribution in [0.4, 0.5) is 26.0 Å². The SMILES string of the molecule is COc1ccccc1Oc1ncnc(Nc2cc(F)ccc2F)c1[N+](=O)[O-]. The molecule has 0 aliphatic carbocycles. The molecule has 0 amide bonds. The van der Waals surface area contributed by atoms with Crippen molar-refractivity contribution < 1.29 is 23.2 Å². The lowest BCUT2D eigenvalue weighted by atomic mass is 10.3. The Kier molecular flexibility index (Phi) is 5.06. The molecule has 0 bridgehead atoms. The van der Waals surface area contributed by atoms with E-state index in [4.69, 9.17) is 9.47 Å². The molecule has 0 aliphatic rings. The van der Waals surface area contributed by atoms with Gasteiger partial charge >= 0.3 is 11.6 Å². The van der Waals surface area contributed by atoms with Crippen LogP contribution in [-0.2, 0) is 0 Å². The number of aromatic nitrogens is 2. The Hall–Kier alpha value is -3.82. The van der Waals surface area contributed by atoms with Gasteiger partial charge in [-0.1, -0.05) is 12.1 Å². The molecule has 27 heavy (non-hydrogen) atoms. The summed E-state index contributed by atoms with van der Waals surface area (Å²) in [6, 6.07) is 9.13. The minimum Gasteiger partial charge on any atom is -0.493 e. The summed E-state index contributed by atoms with van der Waals surface area (Å²) in [7, 11) is 1.41. The summed E-state index contributed by atoms with van der Waals surface area (Å²) >= 11 is 0. The summed E-state index contributed by atoms with van der Waals surface area (Å²) in [5.74, 6) is -1.76. The van der Waals surface area contributed by atoms with Crippen LogP contribution in [-0.4, -0.2) is 22.0 Å². The molecular formula is C17H12F2N4O4. The Bertz CT molecular complexity index is 1000. The van der Waals surface area contributed by atoms with Crippen molar-refractivity contribution in [3.05, 3.63) is 70.5 Å². The Morgan fingerprint density at radius 3 is 2.56 bits per heavy atom. The van der Waals surface area contributed by atoms with Crippen molar-refractivity contribution in [3.63, 3.8) is 0 Å². The minimum atomic E-state index is -0.809. The number of rotatable bonds is 6. The maximum atomic E-state index is 13.8. The third-order valence-electron chi connectivity index (χ3n) is 3.43. The molecule has 1 N–H and O–H groups in total. The molecule has 1 heterocycles. The van der Waals surface area contributed by atoms with E-state index in [2.05, 4.69) is 15.3 Å². The van der Waals surface area contributed by atoms with E-state index in [0.717, 1.165) is 24.5 Å². The highest BCUT2D eigenvalue weighted by molar-refractivity contribution is 5.69. The predicted octanol–water partition coefficient (Wildman–Crippen LogP) is 4.21. The molecule has 0 atom stereocenters. The number of methoxy groups -OCH3 is 1. The monoisotopic (exact) mass is 374 g/mol. The van der Waals surface area contributed by atoms with Crippen LogP contribution in [0, 0.1) is 21.7 Å². The molecular weight excluding hydrogens is 362 g/mol. The number of hydrogen-bond acceptors (Lipinski definition) is 7. The van der Waals surface area contributed by atoms with Crippen LogP contribution in [0.3, 0.4) is 0 Å². The highest BCUT2D eigenvalue weighted by Crippen LogP contribution is 2.38. The van der Waals surface area contributed by atoms with E-state index in [1.165, 1.54) is 13.2 Å². The van der Waals surface area contributed by atoms with Gasteiger partial charge < -0.3 is 14.8 Å². The first kappa shape index (κ1) is 18.0. The van der Waals surface area contributed by atoms with Gasteiger partial charge in [-0.25, -0.2) is 13.8 Å². The number of nitro groups is 1. The fourth-order valence-corrected chi connectivity index (χ4v) is 2.22. The topological polar surface area (TPSA) is 99.4 Å². The van der Waals surface area contributed by atoms with E-state index in [0.29, 0.717) is 5.75 Å². The van der Waals surface area contributed by atoms with Crippen molar-refractivity contribution >= 4 is 17.2 Å². The molecule has 0 saturated carbocycles. The molecule has 8 nitrogen and oxygen atoms in total. The number of halogens is 2. The summed E-state index contributed by atoms with van der Waals surface area (Å²) in [5.41, 5.74) is -0.966. The third kappa shape index (κ3) is 3.89. The van der Waals surface area contributed by atoms with Crippen LogP contribution in [0.15, 0.2) is 48.8 Å². The van der Waals surface area contributed by atoms with Gasteiger partial charge in [-0.15, -0.1) is 0 Å². The number of ether oxygens (including phenoxy) is 2. The zero-order chi connectivity index (χ0) is 19.4. The lowest BCUT2D eigenvalue weighted by Crippen LogP contribution is -2.05. The Morgan fingerprint density at radius 1 is 1.11 bits per heavy atom. The quantitative estimate of drug-likeness (QED) is 0.510. The van der Waals surface area contributed by atoms with Crippen molar-refractivity contribution in [1.29, 1.82) is 0 Å². The van der Waals surface area contributed by atoms with Gasteiger partial charge in [-0.2, -0.15) is 4.98 Å². The lowest BCUT2D eigenvalue weighted by Gasteiger charge is -2.11.